The predicted octanol–water partition coefficient (Wildman–Crippen LogP) is 0.308. The fourth-order valence-electron chi connectivity index (χ4n) is 1.36. The van der Waals surface area contributed by atoms with E-state index in [1.54, 1.807) is 17.5 Å². The zero-order chi connectivity index (χ0) is 14.4. The second kappa shape index (κ2) is 6.74. The quantitative estimate of drug-likeness (QED) is 0.624. The van der Waals surface area contributed by atoms with E-state index in [0.717, 1.165) is 0 Å². The Kier molecular flexibility index (Phi) is 5.31. The van der Waals surface area contributed by atoms with Gasteiger partial charge in [0.2, 0.25) is 5.91 Å². The molecule has 1 aromatic rings. The number of urea groups is 1. The third kappa shape index (κ3) is 4.25. The van der Waals surface area contributed by atoms with Gasteiger partial charge in [0, 0.05) is 11.9 Å². The molecule has 2 unspecified atom stereocenters. The predicted molar refractivity (Wildman–Crippen MR) is 69.9 cm³/mol. The molecule has 19 heavy (non-hydrogen) atoms. The summed E-state index contributed by atoms with van der Waals surface area (Å²) in [6.45, 7) is 1.50. The Balaban J connectivity index is 2.63. The molecular weight excluding hydrogens is 270 g/mol. The van der Waals surface area contributed by atoms with E-state index in [1.165, 1.54) is 25.3 Å². The van der Waals surface area contributed by atoms with Crippen LogP contribution in [0.25, 0.3) is 0 Å². The third-order valence-electron chi connectivity index (χ3n) is 2.34. The molecule has 0 radical (unpaired) electrons. The van der Waals surface area contributed by atoms with Crippen molar-refractivity contribution in [2.24, 2.45) is 0 Å². The first-order valence-electron chi connectivity index (χ1n) is 5.50. The monoisotopic (exact) mass is 285 g/mol. The van der Waals surface area contributed by atoms with E-state index in [-0.39, 0.29) is 5.91 Å². The standard InChI is InChI=1S/C11H15N3O4S/c1-6(9(15)12-2)13-11(18)14-8(10(16)17)7-4-3-5-19-7/h3-6,8H,1-2H3,(H,12,15)(H,16,17)(H2,13,14,18). The Morgan fingerprint density at radius 2 is 2.00 bits per heavy atom. The van der Waals surface area contributed by atoms with Crippen LogP contribution in [0.3, 0.4) is 0 Å². The summed E-state index contributed by atoms with van der Waals surface area (Å²) in [5.74, 6) is -1.52. The number of carboxylic acid groups (broad SMARTS) is 1. The molecular formula is C11H15N3O4S. The highest BCUT2D eigenvalue weighted by Crippen LogP contribution is 2.18. The Labute approximate surface area is 114 Å². The maximum Gasteiger partial charge on any atom is 0.331 e. The van der Waals surface area contributed by atoms with E-state index < -0.39 is 24.1 Å². The molecule has 0 aliphatic heterocycles. The molecule has 0 fully saturated rings. The fourth-order valence-corrected chi connectivity index (χ4v) is 2.13. The molecule has 1 heterocycles. The zero-order valence-electron chi connectivity index (χ0n) is 10.5. The highest BCUT2D eigenvalue weighted by molar-refractivity contribution is 7.10. The molecule has 1 rings (SSSR count). The lowest BCUT2D eigenvalue weighted by atomic mass is 10.2. The molecule has 104 valence electrons. The van der Waals surface area contributed by atoms with Crippen molar-refractivity contribution < 1.29 is 19.5 Å². The van der Waals surface area contributed by atoms with Crippen LogP contribution in [0.5, 0.6) is 0 Å². The largest absolute Gasteiger partial charge is 0.479 e. The van der Waals surface area contributed by atoms with Crippen molar-refractivity contribution in [1.82, 2.24) is 16.0 Å². The number of carboxylic acids is 1. The SMILES string of the molecule is CNC(=O)C(C)NC(=O)NC(C(=O)O)c1cccs1. The lowest BCUT2D eigenvalue weighted by molar-refractivity contribution is -0.139. The number of nitrogens with one attached hydrogen (secondary N) is 3. The molecule has 0 spiro atoms. The number of carbonyl (C=O) groups is 3. The van der Waals surface area contributed by atoms with Crippen LogP contribution in [0.15, 0.2) is 17.5 Å². The van der Waals surface area contributed by atoms with Gasteiger partial charge in [0.15, 0.2) is 6.04 Å². The van der Waals surface area contributed by atoms with Crippen molar-refractivity contribution in [3.05, 3.63) is 22.4 Å². The molecule has 0 bridgehead atoms. The van der Waals surface area contributed by atoms with Crippen LogP contribution in [0.4, 0.5) is 4.79 Å². The summed E-state index contributed by atoms with van der Waals surface area (Å²) in [4.78, 5) is 34.5. The van der Waals surface area contributed by atoms with Crippen molar-refractivity contribution >= 4 is 29.2 Å². The second-order valence-electron chi connectivity index (χ2n) is 3.74. The number of aliphatic carboxylic acids is 1. The summed E-state index contributed by atoms with van der Waals surface area (Å²) in [7, 11) is 1.45. The van der Waals surface area contributed by atoms with E-state index in [2.05, 4.69) is 16.0 Å². The van der Waals surface area contributed by atoms with Crippen molar-refractivity contribution in [1.29, 1.82) is 0 Å². The normalized spacial score (nSPS) is 13.2. The first-order chi connectivity index (χ1) is 8.95. The van der Waals surface area contributed by atoms with Crippen molar-refractivity contribution in [3.63, 3.8) is 0 Å². The van der Waals surface area contributed by atoms with Crippen molar-refractivity contribution in [2.45, 2.75) is 19.0 Å². The summed E-state index contributed by atoms with van der Waals surface area (Å²) >= 11 is 1.23. The third-order valence-corrected chi connectivity index (χ3v) is 3.27. The number of carbonyl (C=O) groups excluding carboxylic acids is 2. The van der Waals surface area contributed by atoms with Crippen LogP contribution in [0.2, 0.25) is 0 Å². The average Bonchev–Trinajstić information content (AvgIpc) is 2.87. The van der Waals surface area contributed by atoms with E-state index in [4.69, 9.17) is 5.11 Å². The Morgan fingerprint density at radius 1 is 1.32 bits per heavy atom. The minimum Gasteiger partial charge on any atom is -0.479 e. The Hall–Kier alpha value is -2.09. The van der Waals surface area contributed by atoms with Gasteiger partial charge in [0.1, 0.15) is 6.04 Å². The van der Waals surface area contributed by atoms with Gasteiger partial charge in [-0.05, 0) is 18.4 Å². The van der Waals surface area contributed by atoms with Crippen LogP contribution < -0.4 is 16.0 Å². The molecule has 2 atom stereocenters. The number of amides is 3. The molecule has 7 nitrogen and oxygen atoms in total. The van der Waals surface area contributed by atoms with E-state index in [9.17, 15) is 14.4 Å². The molecule has 0 saturated carbocycles. The minimum absolute atomic E-state index is 0.363. The number of rotatable bonds is 5. The van der Waals surface area contributed by atoms with E-state index >= 15 is 0 Å². The van der Waals surface area contributed by atoms with E-state index in [1.807, 2.05) is 0 Å². The van der Waals surface area contributed by atoms with E-state index in [0.29, 0.717) is 4.88 Å². The first kappa shape index (κ1) is 15.0. The smallest absolute Gasteiger partial charge is 0.331 e. The summed E-state index contributed by atoms with van der Waals surface area (Å²) in [6, 6.07) is 0.728. The van der Waals surface area contributed by atoms with Gasteiger partial charge in [-0.3, -0.25) is 4.79 Å². The highest BCUT2D eigenvalue weighted by atomic mass is 32.1. The van der Waals surface area contributed by atoms with Crippen LogP contribution in [-0.4, -0.2) is 36.1 Å². The second-order valence-corrected chi connectivity index (χ2v) is 4.72. The molecule has 4 N–H and O–H groups in total. The summed E-state index contributed by atoms with van der Waals surface area (Å²) < 4.78 is 0. The Morgan fingerprint density at radius 3 is 2.47 bits per heavy atom. The molecule has 0 aliphatic rings. The lowest BCUT2D eigenvalue weighted by Crippen LogP contribution is -2.49. The molecule has 8 heteroatoms. The highest BCUT2D eigenvalue weighted by Gasteiger charge is 2.24. The lowest BCUT2D eigenvalue weighted by Gasteiger charge is -2.16. The van der Waals surface area contributed by atoms with Gasteiger partial charge in [-0.15, -0.1) is 11.3 Å². The number of likely N-dealkylation sites (N-methyl/N-ethyl adjacent to an activating group) is 1. The fraction of sp³-hybridized carbons (Fsp3) is 0.364. The van der Waals surface area contributed by atoms with Crippen LogP contribution >= 0.6 is 11.3 Å². The van der Waals surface area contributed by atoms with Crippen LogP contribution in [-0.2, 0) is 9.59 Å². The van der Waals surface area contributed by atoms with Gasteiger partial charge in [0.25, 0.3) is 0 Å². The van der Waals surface area contributed by atoms with Crippen LogP contribution in [0, 0.1) is 0 Å². The first-order valence-corrected chi connectivity index (χ1v) is 6.38. The summed E-state index contributed by atoms with van der Waals surface area (Å²) in [5, 5.41) is 17.8. The van der Waals surface area contributed by atoms with Gasteiger partial charge < -0.3 is 21.1 Å². The zero-order valence-corrected chi connectivity index (χ0v) is 11.3. The maximum atomic E-state index is 11.6. The van der Waals surface area contributed by atoms with Crippen molar-refractivity contribution in [3.8, 4) is 0 Å². The van der Waals surface area contributed by atoms with Gasteiger partial charge in [0.05, 0.1) is 0 Å². The molecule has 0 aromatic carbocycles. The molecule has 1 aromatic heterocycles. The molecule has 3 amide bonds. The molecule has 0 saturated heterocycles. The molecule has 0 aliphatic carbocycles. The number of hydrogen-bond acceptors (Lipinski definition) is 4. The minimum atomic E-state index is -1.16. The number of thiophene rings is 1. The van der Waals surface area contributed by atoms with Crippen LogP contribution in [0.1, 0.15) is 17.8 Å². The topological polar surface area (TPSA) is 108 Å². The van der Waals surface area contributed by atoms with Crippen molar-refractivity contribution in [2.75, 3.05) is 7.05 Å². The summed E-state index contributed by atoms with van der Waals surface area (Å²) in [5.41, 5.74) is 0. The van der Waals surface area contributed by atoms with Gasteiger partial charge >= 0.3 is 12.0 Å². The Bertz CT molecular complexity index is 461. The maximum absolute atomic E-state index is 11.6. The van der Waals surface area contributed by atoms with Gasteiger partial charge in [-0.2, -0.15) is 0 Å². The summed E-state index contributed by atoms with van der Waals surface area (Å²) in [6.07, 6.45) is 0. The van der Waals surface area contributed by atoms with Gasteiger partial charge in [-0.1, -0.05) is 6.07 Å². The average molecular weight is 285 g/mol. The number of hydrogen-bond donors (Lipinski definition) is 4. The van der Waals surface area contributed by atoms with Gasteiger partial charge in [-0.25, -0.2) is 9.59 Å².